The van der Waals surface area contributed by atoms with Gasteiger partial charge in [-0.15, -0.1) is 16.4 Å². The maximum Gasteiger partial charge on any atom is 0.358 e. The molecule has 2 aromatic heterocycles. The fraction of sp³-hybridized carbons (Fsp3) is 0.273. The second-order valence-corrected chi connectivity index (χ2v) is 6.46. The monoisotopic (exact) mass is 358 g/mol. The molecule has 2 aromatic rings. The van der Waals surface area contributed by atoms with Gasteiger partial charge in [0.15, 0.2) is 5.69 Å². The standard InChI is InChI=1S/C11H11BrN4O3S/c12-9-2-1-7(20-9)3-4-13-10(17)6-16-5-8(11(18)19)14-15-16/h1-2,5H,3-4,6H2,(H,13,17)(H,18,19). The molecule has 0 radical (unpaired) electrons. The number of carbonyl (C=O) groups excluding carboxylic acids is 1. The van der Waals surface area contributed by atoms with Crippen molar-refractivity contribution >= 4 is 39.1 Å². The van der Waals surface area contributed by atoms with Crippen LogP contribution in [0.25, 0.3) is 0 Å². The first-order chi connectivity index (χ1) is 9.54. The van der Waals surface area contributed by atoms with Crippen LogP contribution in [0.3, 0.4) is 0 Å². The molecule has 0 bridgehead atoms. The third kappa shape index (κ3) is 4.14. The molecular weight excluding hydrogens is 348 g/mol. The summed E-state index contributed by atoms with van der Waals surface area (Å²) in [5.41, 5.74) is -0.179. The Balaban J connectivity index is 1.76. The highest BCUT2D eigenvalue weighted by Crippen LogP contribution is 2.21. The van der Waals surface area contributed by atoms with Gasteiger partial charge in [-0.25, -0.2) is 9.48 Å². The van der Waals surface area contributed by atoms with E-state index in [1.54, 1.807) is 11.3 Å². The zero-order chi connectivity index (χ0) is 14.5. The number of hydrogen-bond donors (Lipinski definition) is 2. The number of amides is 1. The Hall–Kier alpha value is -1.74. The number of carbonyl (C=O) groups is 2. The van der Waals surface area contributed by atoms with Crippen LogP contribution in [0.15, 0.2) is 22.1 Å². The Labute approximate surface area is 126 Å². The second-order valence-electron chi connectivity index (χ2n) is 3.91. The predicted molar refractivity (Wildman–Crippen MR) is 75.7 cm³/mol. The summed E-state index contributed by atoms with van der Waals surface area (Å²) in [6.07, 6.45) is 1.97. The van der Waals surface area contributed by atoms with Crippen molar-refractivity contribution in [1.29, 1.82) is 0 Å². The predicted octanol–water partition coefficient (Wildman–Crippen LogP) is 1.16. The number of carboxylic acids is 1. The number of carboxylic acid groups (broad SMARTS) is 1. The first kappa shape index (κ1) is 14.7. The van der Waals surface area contributed by atoms with Gasteiger partial charge >= 0.3 is 5.97 Å². The summed E-state index contributed by atoms with van der Waals surface area (Å²) >= 11 is 5.00. The first-order valence-electron chi connectivity index (χ1n) is 5.69. The van der Waals surface area contributed by atoms with Crippen molar-refractivity contribution in [2.45, 2.75) is 13.0 Å². The summed E-state index contributed by atoms with van der Waals surface area (Å²) in [6.45, 7) is 0.473. The quantitative estimate of drug-likeness (QED) is 0.807. The number of rotatable bonds is 6. The SMILES string of the molecule is O=C(Cn1cc(C(=O)O)nn1)NCCc1ccc(Br)s1. The van der Waals surface area contributed by atoms with Crippen LogP contribution < -0.4 is 5.32 Å². The van der Waals surface area contributed by atoms with Crippen molar-refractivity contribution in [3.05, 3.63) is 32.7 Å². The summed E-state index contributed by atoms with van der Waals surface area (Å²) < 4.78 is 2.25. The third-order valence-corrected chi connectivity index (χ3v) is 4.07. The molecule has 1 amide bonds. The van der Waals surface area contributed by atoms with E-state index in [-0.39, 0.29) is 18.1 Å². The summed E-state index contributed by atoms with van der Waals surface area (Å²) in [5, 5.41) is 18.4. The lowest BCUT2D eigenvalue weighted by Crippen LogP contribution is -2.29. The van der Waals surface area contributed by atoms with Gasteiger partial charge in [0.25, 0.3) is 0 Å². The summed E-state index contributed by atoms with van der Waals surface area (Å²) in [6, 6.07) is 3.96. The minimum atomic E-state index is -1.17. The largest absolute Gasteiger partial charge is 0.476 e. The number of nitrogens with one attached hydrogen (secondary N) is 1. The van der Waals surface area contributed by atoms with Crippen LogP contribution in [0.4, 0.5) is 0 Å². The van der Waals surface area contributed by atoms with E-state index in [0.29, 0.717) is 6.54 Å². The molecule has 9 heteroatoms. The molecule has 0 aromatic carbocycles. The number of aromatic nitrogens is 3. The van der Waals surface area contributed by atoms with Crippen LogP contribution in [0.5, 0.6) is 0 Å². The van der Waals surface area contributed by atoms with Crippen LogP contribution >= 0.6 is 27.3 Å². The molecule has 0 fully saturated rings. The topological polar surface area (TPSA) is 97.1 Å². The Kier molecular flexibility index (Phi) is 4.85. The normalized spacial score (nSPS) is 10.4. The number of thiophene rings is 1. The van der Waals surface area contributed by atoms with Gasteiger partial charge in [-0.1, -0.05) is 5.21 Å². The molecular formula is C11H11BrN4O3S. The van der Waals surface area contributed by atoms with Gasteiger partial charge in [0, 0.05) is 11.4 Å². The average molecular weight is 359 g/mol. The molecule has 0 aliphatic rings. The highest BCUT2D eigenvalue weighted by atomic mass is 79.9. The van der Waals surface area contributed by atoms with Crippen LogP contribution in [-0.2, 0) is 17.8 Å². The lowest BCUT2D eigenvalue weighted by molar-refractivity contribution is -0.121. The summed E-state index contributed by atoms with van der Waals surface area (Å²) in [5.74, 6) is -1.40. The molecule has 2 N–H and O–H groups in total. The lowest BCUT2D eigenvalue weighted by atomic mass is 10.3. The third-order valence-electron chi connectivity index (χ3n) is 2.39. The fourth-order valence-corrected chi connectivity index (χ4v) is 2.97. The fourth-order valence-electron chi connectivity index (χ4n) is 1.49. The van der Waals surface area contributed by atoms with E-state index in [0.717, 1.165) is 10.2 Å². The Morgan fingerprint density at radius 1 is 1.45 bits per heavy atom. The second kappa shape index (κ2) is 6.62. The Morgan fingerprint density at radius 2 is 2.25 bits per heavy atom. The number of halogens is 1. The van der Waals surface area contributed by atoms with E-state index < -0.39 is 5.97 Å². The zero-order valence-electron chi connectivity index (χ0n) is 10.2. The maximum absolute atomic E-state index is 11.6. The first-order valence-corrected chi connectivity index (χ1v) is 7.30. The van der Waals surface area contributed by atoms with Crippen LogP contribution in [-0.4, -0.2) is 38.5 Å². The molecule has 0 spiro atoms. The van der Waals surface area contributed by atoms with E-state index in [1.165, 1.54) is 15.8 Å². The van der Waals surface area contributed by atoms with Crippen molar-refractivity contribution in [2.24, 2.45) is 0 Å². The molecule has 0 saturated carbocycles. The molecule has 0 aliphatic carbocycles. The average Bonchev–Trinajstić information content (AvgIpc) is 2.99. The zero-order valence-corrected chi connectivity index (χ0v) is 12.6. The molecule has 0 atom stereocenters. The van der Waals surface area contributed by atoms with Crippen LogP contribution in [0.1, 0.15) is 15.4 Å². The smallest absolute Gasteiger partial charge is 0.358 e. The number of aromatic carboxylic acids is 1. The van der Waals surface area contributed by atoms with Gasteiger partial charge in [-0.2, -0.15) is 0 Å². The van der Waals surface area contributed by atoms with Gasteiger partial charge in [-0.3, -0.25) is 4.79 Å². The maximum atomic E-state index is 11.6. The van der Waals surface area contributed by atoms with Gasteiger partial charge < -0.3 is 10.4 Å². The molecule has 106 valence electrons. The van der Waals surface area contributed by atoms with Gasteiger partial charge in [0.05, 0.1) is 9.98 Å². The highest BCUT2D eigenvalue weighted by molar-refractivity contribution is 9.11. The lowest BCUT2D eigenvalue weighted by Gasteiger charge is -2.03. The van der Waals surface area contributed by atoms with Crippen molar-refractivity contribution in [1.82, 2.24) is 20.3 Å². The minimum Gasteiger partial charge on any atom is -0.476 e. The summed E-state index contributed by atoms with van der Waals surface area (Å²) in [4.78, 5) is 23.4. The molecule has 0 aliphatic heterocycles. The van der Waals surface area contributed by atoms with Gasteiger partial charge in [-0.05, 0) is 34.5 Å². The Bertz CT molecular complexity index is 625. The van der Waals surface area contributed by atoms with Crippen molar-refractivity contribution in [3.63, 3.8) is 0 Å². The highest BCUT2D eigenvalue weighted by Gasteiger charge is 2.10. The van der Waals surface area contributed by atoms with Crippen molar-refractivity contribution < 1.29 is 14.7 Å². The van der Waals surface area contributed by atoms with Gasteiger partial charge in [0.2, 0.25) is 5.91 Å². The molecule has 20 heavy (non-hydrogen) atoms. The van der Waals surface area contributed by atoms with E-state index in [9.17, 15) is 9.59 Å². The molecule has 2 rings (SSSR count). The molecule has 7 nitrogen and oxygen atoms in total. The Morgan fingerprint density at radius 3 is 2.85 bits per heavy atom. The van der Waals surface area contributed by atoms with Gasteiger partial charge in [0.1, 0.15) is 6.54 Å². The molecule has 0 saturated heterocycles. The van der Waals surface area contributed by atoms with Crippen LogP contribution in [0, 0.1) is 0 Å². The molecule has 2 heterocycles. The number of nitrogens with zero attached hydrogens (tertiary/aromatic N) is 3. The minimum absolute atomic E-state index is 0.0472. The van der Waals surface area contributed by atoms with E-state index >= 15 is 0 Å². The van der Waals surface area contributed by atoms with E-state index in [1.807, 2.05) is 12.1 Å². The molecule has 0 unspecified atom stereocenters. The number of hydrogen-bond acceptors (Lipinski definition) is 5. The van der Waals surface area contributed by atoms with Crippen molar-refractivity contribution in [3.8, 4) is 0 Å². The van der Waals surface area contributed by atoms with E-state index in [4.69, 9.17) is 5.11 Å². The summed E-state index contributed by atoms with van der Waals surface area (Å²) in [7, 11) is 0. The van der Waals surface area contributed by atoms with Crippen LogP contribution in [0.2, 0.25) is 0 Å². The van der Waals surface area contributed by atoms with E-state index in [2.05, 4.69) is 31.6 Å². The van der Waals surface area contributed by atoms with Crippen molar-refractivity contribution in [2.75, 3.05) is 6.54 Å².